The number of fused-ring (bicyclic) bond motifs is 2. The second-order valence-corrected chi connectivity index (χ2v) is 11.6. The van der Waals surface area contributed by atoms with Crippen molar-refractivity contribution in [3.63, 3.8) is 0 Å². The number of nitrogens with zero attached hydrogens (tertiary/aromatic N) is 4. The van der Waals surface area contributed by atoms with Gasteiger partial charge >= 0.3 is 0 Å². The van der Waals surface area contributed by atoms with Gasteiger partial charge in [-0.25, -0.2) is 4.98 Å². The number of pyridine rings is 1. The van der Waals surface area contributed by atoms with E-state index >= 15 is 0 Å². The molecule has 7 nitrogen and oxygen atoms in total. The van der Waals surface area contributed by atoms with E-state index in [0.29, 0.717) is 13.1 Å². The largest absolute Gasteiger partial charge is 0.355 e. The second kappa shape index (κ2) is 10.6. The first-order valence-corrected chi connectivity index (χ1v) is 13.7. The molecule has 190 valence electrons. The van der Waals surface area contributed by atoms with E-state index in [9.17, 15) is 4.79 Å². The molecule has 1 aliphatic heterocycles. The van der Waals surface area contributed by atoms with Crippen LogP contribution in [-0.4, -0.2) is 57.6 Å². The van der Waals surface area contributed by atoms with Gasteiger partial charge in [0.2, 0.25) is 5.91 Å². The van der Waals surface area contributed by atoms with E-state index in [4.69, 9.17) is 16.6 Å². The number of aryl methyl sites for hydroxylation is 2. The van der Waals surface area contributed by atoms with Gasteiger partial charge in [0.25, 0.3) is 0 Å². The number of imidazole rings is 1. The predicted octanol–water partition coefficient (Wildman–Crippen LogP) is 4.10. The first-order chi connectivity index (χ1) is 17.3. The smallest absolute Gasteiger partial charge is 0.238 e. The number of carbonyl (C=O) groups excluding carboxylic acids is 1. The summed E-state index contributed by atoms with van der Waals surface area (Å²) in [5.74, 6) is 0.0371. The molecule has 2 atom stereocenters. The van der Waals surface area contributed by atoms with E-state index in [-0.39, 0.29) is 23.5 Å². The van der Waals surface area contributed by atoms with Crippen molar-refractivity contribution in [1.29, 1.82) is 0 Å². The van der Waals surface area contributed by atoms with Crippen molar-refractivity contribution in [1.82, 2.24) is 30.1 Å². The molecule has 0 bridgehead atoms. The summed E-state index contributed by atoms with van der Waals surface area (Å²) in [4.78, 5) is 24.6. The lowest BCUT2D eigenvalue weighted by atomic mass is 9.95. The van der Waals surface area contributed by atoms with Crippen molar-refractivity contribution in [2.45, 2.75) is 50.7 Å². The summed E-state index contributed by atoms with van der Waals surface area (Å²) in [6, 6.07) is 8.06. The highest BCUT2D eigenvalue weighted by molar-refractivity contribution is 9.10. The Morgan fingerprint density at radius 1 is 1.28 bits per heavy atom. The van der Waals surface area contributed by atoms with Crippen LogP contribution in [0.5, 0.6) is 0 Å². The zero-order chi connectivity index (χ0) is 25.3. The van der Waals surface area contributed by atoms with Crippen molar-refractivity contribution in [3.8, 4) is 0 Å². The molecular weight excluding hydrogens is 540 g/mol. The fourth-order valence-corrected chi connectivity index (χ4v) is 5.90. The third-order valence-electron chi connectivity index (χ3n) is 7.42. The van der Waals surface area contributed by atoms with E-state index in [1.165, 1.54) is 16.7 Å². The maximum absolute atomic E-state index is 13.2. The molecule has 3 heterocycles. The Bertz CT molecular complexity index is 1180. The normalized spacial score (nSPS) is 20.3. The minimum Gasteiger partial charge on any atom is -0.355 e. The van der Waals surface area contributed by atoms with Gasteiger partial charge in [-0.05, 0) is 83.9 Å². The van der Waals surface area contributed by atoms with Gasteiger partial charge in [-0.15, -0.1) is 0 Å². The maximum Gasteiger partial charge on any atom is 0.238 e. The molecule has 0 saturated carbocycles. The molecule has 2 N–H and O–H groups in total. The van der Waals surface area contributed by atoms with E-state index in [1.807, 2.05) is 24.8 Å². The summed E-state index contributed by atoms with van der Waals surface area (Å²) in [5, 5.41) is 7.34. The number of hydrogen-bond donors (Lipinski definition) is 2. The van der Waals surface area contributed by atoms with Crippen LogP contribution in [0.2, 0.25) is 5.02 Å². The lowest BCUT2D eigenvalue weighted by Gasteiger charge is -2.39. The van der Waals surface area contributed by atoms with Crippen LogP contribution >= 0.6 is 27.5 Å². The van der Waals surface area contributed by atoms with Gasteiger partial charge in [0, 0.05) is 59.8 Å². The standard InChI is InChI=1S/C27H32BrClN6O/c1-27(2,35-12-9-30-17-35)7-8-32-26(36)23-16-34(11-10-31-23)25-22-6-5-21(29)14-18(22)3-4-19-13-20(28)15-33-24(19)25/h5-6,9,12-15,17,23,25,31H,3-4,7-8,10-11,16H2,1-2H3,(H,32,36)/t23-,25?/m1/s1. The highest BCUT2D eigenvalue weighted by Gasteiger charge is 2.35. The van der Waals surface area contributed by atoms with Gasteiger partial charge in [-0.2, -0.15) is 0 Å². The molecule has 2 aromatic heterocycles. The van der Waals surface area contributed by atoms with E-state index in [2.05, 4.69) is 73.1 Å². The van der Waals surface area contributed by atoms with Crippen molar-refractivity contribution in [3.05, 3.63) is 81.1 Å². The molecule has 1 saturated heterocycles. The molecule has 3 aromatic rings. The highest BCUT2D eigenvalue weighted by Crippen LogP contribution is 2.38. The minimum atomic E-state index is -0.284. The van der Waals surface area contributed by atoms with Crippen LogP contribution in [0.3, 0.4) is 0 Å². The fourth-order valence-electron chi connectivity index (χ4n) is 5.33. The average Bonchev–Trinajstić information content (AvgIpc) is 3.36. The molecule has 5 rings (SSSR count). The Morgan fingerprint density at radius 3 is 2.92 bits per heavy atom. The third kappa shape index (κ3) is 5.37. The lowest BCUT2D eigenvalue weighted by Crippen LogP contribution is -2.58. The Hall–Kier alpha value is -2.26. The first kappa shape index (κ1) is 25.4. The summed E-state index contributed by atoms with van der Waals surface area (Å²) in [6.45, 7) is 7.09. The summed E-state index contributed by atoms with van der Waals surface area (Å²) in [5.41, 5.74) is 4.68. The van der Waals surface area contributed by atoms with Gasteiger partial charge in [0.05, 0.1) is 24.1 Å². The second-order valence-electron chi connectivity index (χ2n) is 10.3. The van der Waals surface area contributed by atoms with E-state index in [0.717, 1.165) is 47.5 Å². The number of rotatable bonds is 6. The Kier molecular flexibility index (Phi) is 7.49. The van der Waals surface area contributed by atoms with Gasteiger partial charge in [-0.3, -0.25) is 14.7 Å². The van der Waals surface area contributed by atoms with Crippen LogP contribution in [0.15, 0.2) is 53.7 Å². The first-order valence-electron chi connectivity index (χ1n) is 12.5. The molecule has 9 heteroatoms. The Balaban J connectivity index is 1.33. The molecule has 1 fully saturated rings. The number of aromatic nitrogens is 3. The zero-order valence-electron chi connectivity index (χ0n) is 20.7. The van der Waals surface area contributed by atoms with Gasteiger partial charge in [-0.1, -0.05) is 17.7 Å². The SMILES string of the molecule is CC(C)(CCNC(=O)[C@H]1CN(C2c3ccc(Cl)cc3CCc3cc(Br)cnc32)CCN1)n1ccnc1. The van der Waals surface area contributed by atoms with Gasteiger partial charge < -0.3 is 15.2 Å². The number of nitrogens with one attached hydrogen (secondary N) is 2. The quantitative estimate of drug-likeness (QED) is 0.466. The molecule has 1 unspecified atom stereocenters. The number of carbonyl (C=O) groups is 1. The topological polar surface area (TPSA) is 75.1 Å². The number of piperazine rings is 1. The summed E-state index contributed by atoms with van der Waals surface area (Å²) >= 11 is 9.97. The lowest BCUT2D eigenvalue weighted by molar-refractivity contribution is -0.124. The third-order valence-corrected chi connectivity index (χ3v) is 8.09. The van der Waals surface area contributed by atoms with Crippen LogP contribution in [0.25, 0.3) is 0 Å². The average molecular weight is 572 g/mol. The molecular formula is C27H32BrClN6O. The van der Waals surface area contributed by atoms with Crippen LogP contribution in [-0.2, 0) is 23.2 Å². The number of hydrogen-bond acceptors (Lipinski definition) is 5. The van der Waals surface area contributed by atoms with Crippen molar-refractivity contribution < 1.29 is 4.79 Å². The van der Waals surface area contributed by atoms with Crippen LogP contribution < -0.4 is 10.6 Å². The van der Waals surface area contributed by atoms with Crippen LogP contribution in [0.4, 0.5) is 0 Å². The molecule has 1 aliphatic carbocycles. The monoisotopic (exact) mass is 570 g/mol. The zero-order valence-corrected chi connectivity index (χ0v) is 23.0. The molecule has 1 aromatic carbocycles. The summed E-state index contributed by atoms with van der Waals surface area (Å²) in [6.07, 6.45) is 10.1. The van der Waals surface area contributed by atoms with E-state index in [1.54, 1.807) is 6.20 Å². The summed E-state index contributed by atoms with van der Waals surface area (Å²) < 4.78 is 3.07. The Morgan fingerprint density at radius 2 is 2.11 bits per heavy atom. The Labute approximate surface area is 225 Å². The maximum atomic E-state index is 13.2. The molecule has 1 amide bonds. The fraction of sp³-hybridized carbons (Fsp3) is 0.444. The number of benzene rings is 1. The van der Waals surface area contributed by atoms with Crippen molar-refractivity contribution in [2.24, 2.45) is 0 Å². The van der Waals surface area contributed by atoms with Gasteiger partial charge in [0.15, 0.2) is 0 Å². The van der Waals surface area contributed by atoms with Crippen molar-refractivity contribution in [2.75, 3.05) is 26.2 Å². The molecule has 2 aliphatic rings. The number of halogens is 2. The van der Waals surface area contributed by atoms with Crippen LogP contribution in [0.1, 0.15) is 48.7 Å². The van der Waals surface area contributed by atoms with Crippen LogP contribution in [0, 0.1) is 0 Å². The predicted molar refractivity (Wildman–Crippen MR) is 145 cm³/mol. The van der Waals surface area contributed by atoms with Crippen molar-refractivity contribution >= 4 is 33.4 Å². The molecule has 0 spiro atoms. The van der Waals surface area contributed by atoms with Gasteiger partial charge in [0.1, 0.15) is 0 Å². The molecule has 0 radical (unpaired) electrons. The number of amides is 1. The van der Waals surface area contributed by atoms with E-state index < -0.39 is 0 Å². The molecule has 36 heavy (non-hydrogen) atoms. The summed E-state index contributed by atoms with van der Waals surface area (Å²) in [7, 11) is 0. The highest BCUT2D eigenvalue weighted by atomic mass is 79.9. The minimum absolute atomic E-state index is 0.0135.